The van der Waals surface area contributed by atoms with Gasteiger partial charge in [-0.1, -0.05) is 18.2 Å². The van der Waals surface area contributed by atoms with E-state index < -0.39 is 0 Å². The third-order valence-corrected chi connectivity index (χ3v) is 4.16. The summed E-state index contributed by atoms with van der Waals surface area (Å²) in [5.74, 6) is -0.0106. The Morgan fingerprint density at radius 2 is 1.96 bits per heavy atom. The SMILES string of the molecule is Cc1ccc(C(=O)NCCCn2cnc3ccccc32)cc1C. The van der Waals surface area contributed by atoms with Crippen molar-refractivity contribution >= 4 is 16.9 Å². The van der Waals surface area contributed by atoms with Gasteiger partial charge in [-0.25, -0.2) is 4.98 Å². The molecule has 4 nitrogen and oxygen atoms in total. The van der Waals surface area contributed by atoms with E-state index in [2.05, 4.69) is 20.9 Å². The monoisotopic (exact) mass is 307 g/mol. The number of para-hydroxylation sites is 2. The summed E-state index contributed by atoms with van der Waals surface area (Å²) in [5, 5.41) is 2.98. The molecule has 0 fully saturated rings. The first-order valence-corrected chi connectivity index (χ1v) is 7.90. The molecule has 0 bridgehead atoms. The predicted octanol–water partition coefficient (Wildman–Crippen LogP) is 3.47. The third kappa shape index (κ3) is 3.42. The second-order valence-corrected chi connectivity index (χ2v) is 5.84. The number of imidazole rings is 1. The minimum atomic E-state index is -0.0106. The molecular weight excluding hydrogens is 286 g/mol. The summed E-state index contributed by atoms with van der Waals surface area (Å²) < 4.78 is 2.12. The molecule has 1 aromatic heterocycles. The van der Waals surface area contributed by atoms with Crippen molar-refractivity contribution in [2.24, 2.45) is 0 Å². The van der Waals surface area contributed by atoms with E-state index in [-0.39, 0.29) is 5.91 Å². The molecule has 2 aromatic carbocycles. The number of fused-ring (bicyclic) bond motifs is 1. The topological polar surface area (TPSA) is 46.9 Å². The molecule has 0 aliphatic rings. The van der Waals surface area contributed by atoms with Crippen LogP contribution >= 0.6 is 0 Å². The highest BCUT2D eigenvalue weighted by atomic mass is 16.1. The van der Waals surface area contributed by atoms with Crippen LogP contribution in [0, 0.1) is 13.8 Å². The van der Waals surface area contributed by atoms with E-state index in [1.165, 1.54) is 5.56 Å². The van der Waals surface area contributed by atoms with Gasteiger partial charge in [-0.05, 0) is 55.7 Å². The van der Waals surface area contributed by atoms with Crippen LogP contribution in [0.3, 0.4) is 0 Å². The van der Waals surface area contributed by atoms with E-state index >= 15 is 0 Å². The zero-order valence-corrected chi connectivity index (χ0v) is 13.5. The maximum atomic E-state index is 12.2. The van der Waals surface area contributed by atoms with Crippen molar-refractivity contribution in [3.05, 3.63) is 65.5 Å². The fourth-order valence-corrected chi connectivity index (χ4v) is 2.62. The van der Waals surface area contributed by atoms with E-state index in [4.69, 9.17) is 0 Å². The van der Waals surface area contributed by atoms with E-state index in [9.17, 15) is 4.79 Å². The number of hydrogen-bond donors (Lipinski definition) is 1. The Morgan fingerprint density at radius 1 is 1.13 bits per heavy atom. The maximum Gasteiger partial charge on any atom is 0.251 e. The zero-order chi connectivity index (χ0) is 16.2. The van der Waals surface area contributed by atoms with E-state index in [1.807, 2.05) is 56.6 Å². The van der Waals surface area contributed by atoms with Crippen LogP contribution in [-0.2, 0) is 6.54 Å². The average molecular weight is 307 g/mol. The lowest BCUT2D eigenvalue weighted by atomic mass is 10.1. The van der Waals surface area contributed by atoms with E-state index in [0.717, 1.165) is 35.1 Å². The minimum Gasteiger partial charge on any atom is -0.352 e. The lowest BCUT2D eigenvalue weighted by Crippen LogP contribution is -2.25. The molecule has 0 aliphatic heterocycles. The highest BCUT2D eigenvalue weighted by Gasteiger charge is 2.06. The van der Waals surface area contributed by atoms with Crippen LogP contribution in [0.4, 0.5) is 0 Å². The minimum absolute atomic E-state index is 0.0106. The van der Waals surface area contributed by atoms with Gasteiger partial charge in [0, 0.05) is 18.7 Å². The van der Waals surface area contributed by atoms with Crippen LogP contribution in [0.15, 0.2) is 48.8 Å². The average Bonchev–Trinajstić information content (AvgIpc) is 2.97. The molecule has 118 valence electrons. The quantitative estimate of drug-likeness (QED) is 0.734. The molecular formula is C19H21N3O. The Bertz CT molecular complexity index is 836. The highest BCUT2D eigenvalue weighted by molar-refractivity contribution is 5.94. The van der Waals surface area contributed by atoms with Gasteiger partial charge in [0.05, 0.1) is 17.4 Å². The number of aryl methyl sites for hydroxylation is 3. The molecule has 0 saturated carbocycles. The number of amides is 1. The van der Waals surface area contributed by atoms with E-state index in [0.29, 0.717) is 6.54 Å². The van der Waals surface area contributed by atoms with Gasteiger partial charge in [-0.15, -0.1) is 0 Å². The molecule has 1 amide bonds. The molecule has 0 aliphatic carbocycles. The third-order valence-electron chi connectivity index (χ3n) is 4.16. The summed E-state index contributed by atoms with van der Waals surface area (Å²) in [6.07, 6.45) is 2.73. The Balaban J connectivity index is 1.53. The fourth-order valence-electron chi connectivity index (χ4n) is 2.62. The zero-order valence-electron chi connectivity index (χ0n) is 13.5. The molecule has 3 aromatic rings. The number of benzene rings is 2. The maximum absolute atomic E-state index is 12.2. The molecule has 0 radical (unpaired) electrons. The number of hydrogen-bond acceptors (Lipinski definition) is 2. The van der Waals surface area contributed by atoms with Gasteiger partial charge in [0.2, 0.25) is 0 Å². The lowest BCUT2D eigenvalue weighted by molar-refractivity contribution is 0.0952. The molecule has 3 rings (SSSR count). The van der Waals surface area contributed by atoms with Gasteiger partial charge in [0.25, 0.3) is 5.91 Å². The van der Waals surface area contributed by atoms with Gasteiger partial charge in [-0.3, -0.25) is 4.79 Å². The molecule has 0 atom stereocenters. The normalized spacial score (nSPS) is 10.9. The van der Waals surface area contributed by atoms with Crippen molar-refractivity contribution in [2.45, 2.75) is 26.8 Å². The number of nitrogens with one attached hydrogen (secondary N) is 1. The van der Waals surface area contributed by atoms with Crippen molar-refractivity contribution in [2.75, 3.05) is 6.54 Å². The number of carbonyl (C=O) groups excluding carboxylic acids is 1. The molecule has 0 unspecified atom stereocenters. The number of nitrogens with zero attached hydrogens (tertiary/aromatic N) is 2. The van der Waals surface area contributed by atoms with E-state index in [1.54, 1.807) is 0 Å². The first-order chi connectivity index (χ1) is 11.1. The number of rotatable bonds is 5. The Kier molecular flexibility index (Phi) is 4.42. The van der Waals surface area contributed by atoms with Crippen molar-refractivity contribution < 1.29 is 4.79 Å². The Labute approximate surface area is 136 Å². The summed E-state index contributed by atoms with van der Waals surface area (Å²) in [6, 6.07) is 13.9. The van der Waals surface area contributed by atoms with Crippen molar-refractivity contribution in [1.82, 2.24) is 14.9 Å². The molecule has 1 heterocycles. The first-order valence-electron chi connectivity index (χ1n) is 7.90. The fraction of sp³-hybridized carbons (Fsp3) is 0.263. The Morgan fingerprint density at radius 3 is 2.78 bits per heavy atom. The summed E-state index contributed by atoms with van der Waals surface area (Å²) in [5.41, 5.74) is 5.21. The first kappa shape index (κ1) is 15.3. The molecule has 1 N–H and O–H groups in total. The number of carbonyl (C=O) groups is 1. The lowest BCUT2D eigenvalue weighted by Gasteiger charge is -2.08. The van der Waals surface area contributed by atoms with Gasteiger partial charge in [-0.2, -0.15) is 0 Å². The Hall–Kier alpha value is -2.62. The van der Waals surface area contributed by atoms with Gasteiger partial charge >= 0.3 is 0 Å². The van der Waals surface area contributed by atoms with Gasteiger partial charge in [0.15, 0.2) is 0 Å². The summed E-state index contributed by atoms with van der Waals surface area (Å²) >= 11 is 0. The predicted molar refractivity (Wildman–Crippen MR) is 92.6 cm³/mol. The summed E-state index contributed by atoms with van der Waals surface area (Å²) in [4.78, 5) is 16.5. The van der Waals surface area contributed by atoms with Crippen molar-refractivity contribution in [3.8, 4) is 0 Å². The highest BCUT2D eigenvalue weighted by Crippen LogP contribution is 2.12. The summed E-state index contributed by atoms with van der Waals surface area (Å²) in [6.45, 7) is 5.56. The molecule has 4 heteroatoms. The number of aromatic nitrogens is 2. The van der Waals surface area contributed by atoms with Gasteiger partial charge < -0.3 is 9.88 Å². The molecule has 23 heavy (non-hydrogen) atoms. The van der Waals surface area contributed by atoms with Crippen LogP contribution in [0.25, 0.3) is 11.0 Å². The van der Waals surface area contributed by atoms with Crippen molar-refractivity contribution in [3.63, 3.8) is 0 Å². The van der Waals surface area contributed by atoms with Crippen molar-refractivity contribution in [1.29, 1.82) is 0 Å². The van der Waals surface area contributed by atoms with Crippen LogP contribution < -0.4 is 5.32 Å². The largest absolute Gasteiger partial charge is 0.352 e. The second kappa shape index (κ2) is 6.65. The van der Waals surface area contributed by atoms with Gasteiger partial charge in [0.1, 0.15) is 0 Å². The second-order valence-electron chi connectivity index (χ2n) is 5.84. The van der Waals surface area contributed by atoms with Crippen LogP contribution in [0.5, 0.6) is 0 Å². The molecule has 0 saturated heterocycles. The van der Waals surface area contributed by atoms with Crippen LogP contribution in [-0.4, -0.2) is 22.0 Å². The van der Waals surface area contributed by atoms with Crippen LogP contribution in [0.1, 0.15) is 27.9 Å². The standard InChI is InChI=1S/C19H21N3O/c1-14-8-9-16(12-15(14)2)19(23)20-10-5-11-22-13-21-17-6-3-4-7-18(17)22/h3-4,6-9,12-13H,5,10-11H2,1-2H3,(H,20,23). The summed E-state index contributed by atoms with van der Waals surface area (Å²) in [7, 11) is 0. The van der Waals surface area contributed by atoms with Crippen LogP contribution in [0.2, 0.25) is 0 Å². The molecule has 0 spiro atoms. The smallest absolute Gasteiger partial charge is 0.251 e.